The van der Waals surface area contributed by atoms with E-state index in [-0.39, 0.29) is 12.6 Å². The Hall–Kier alpha value is -2.50. The van der Waals surface area contributed by atoms with E-state index < -0.39 is 6.04 Å². The first-order chi connectivity index (χ1) is 9.22. The smallest absolute Gasteiger partial charge is 0.328 e. The van der Waals surface area contributed by atoms with Crippen LogP contribution in [0.5, 0.6) is 0 Å². The van der Waals surface area contributed by atoms with Gasteiger partial charge in [0.05, 0.1) is 5.52 Å². The van der Waals surface area contributed by atoms with Gasteiger partial charge < -0.3 is 10.1 Å². The third kappa shape index (κ3) is 3.04. The molecule has 0 aliphatic heterocycles. The number of carbonyl (C=O) groups excluding carboxylic acids is 1. The highest BCUT2D eigenvalue weighted by molar-refractivity contribution is 5.90. The molecule has 0 radical (unpaired) electrons. The SMILES string of the molecule is C=CCOC(=O)[C@H](C)Nc1nnnc2ccccc12. The summed E-state index contributed by atoms with van der Waals surface area (Å²) in [5.41, 5.74) is 0.714. The van der Waals surface area contributed by atoms with Gasteiger partial charge in [-0.05, 0) is 24.3 Å². The van der Waals surface area contributed by atoms with Gasteiger partial charge >= 0.3 is 5.97 Å². The second kappa shape index (κ2) is 5.90. The molecule has 98 valence electrons. The molecule has 1 aromatic heterocycles. The van der Waals surface area contributed by atoms with Crippen LogP contribution in [0, 0.1) is 0 Å². The molecule has 0 aliphatic rings. The zero-order valence-electron chi connectivity index (χ0n) is 10.5. The highest BCUT2D eigenvalue weighted by Crippen LogP contribution is 2.18. The molecule has 1 heterocycles. The van der Waals surface area contributed by atoms with E-state index in [1.807, 2.05) is 24.3 Å². The van der Waals surface area contributed by atoms with Gasteiger partial charge in [-0.15, -0.1) is 10.2 Å². The van der Waals surface area contributed by atoms with Gasteiger partial charge in [0.1, 0.15) is 12.6 Å². The molecule has 0 fully saturated rings. The Morgan fingerprint density at radius 1 is 1.47 bits per heavy atom. The Kier molecular flexibility index (Phi) is 4.02. The average Bonchev–Trinajstić information content (AvgIpc) is 2.45. The van der Waals surface area contributed by atoms with Gasteiger partial charge in [-0.1, -0.05) is 24.8 Å². The molecule has 2 rings (SSSR count). The lowest BCUT2D eigenvalue weighted by atomic mass is 10.2. The number of benzene rings is 1. The van der Waals surface area contributed by atoms with Gasteiger partial charge in [-0.25, -0.2) is 4.79 Å². The molecular formula is C13H14N4O2. The van der Waals surface area contributed by atoms with Crippen molar-refractivity contribution in [2.75, 3.05) is 11.9 Å². The quantitative estimate of drug-likeness (QED) is 0.647. The van der Waals surface area contributed by atoms with Gasteiger partial charge in [0.2, 0.25) is 0 Å². The van der Waals surface area contributed by atoms with Crippen LogP contribution >= 0.6 is 0 Å². The number of rotatable bonds is 5. The number of carbonyl (C=O) groups is 1. The lowest BCUT2D eigenvalue weighted by Gasteiger charge is -2.13. The van der Waals surface area contributed by atoms with Crippen molar-refractivity contribution in [3.05, 3.63) is 36.9 Å². The molecule has 19 heavy (non-hydrogen) atoms. The van der Waals surface area contributed by atoms with Crippen molar-refractivity contribution in [1.82, 2.24) is 15.4 Å². The van der Waals surface area contributed by atoms with Crippen LogP contribution in [-0.2, 0) is 9.53 Å². The highest BCUT2D eigenvalue weighted by atomic mass is 16.5. The van der Waals surface area contributed by atoms with E-state index in [0.717, 1.165) is 5.39 Å². The number of nitrogens with zero attached hydrogens (tertiary/aromatic N) is 3. The normalized spacial score (nSPS) is 11.8. The first-order valence-electron chi connectivity index (χ1n) is 5.84. The zero-order valence-corrected chi connectivity index (χ0v) is 10.5. The summed E-state index contributed by atoms with van der Waals surface area (Å²) in [6.07, 6.45) is 1.52. The minimum absolute atomic E-state index is 0.188. The molecule has 1 atom stereocenters. The van der Waals surface area contributed by atoms with Crippen LogP contribution < -0.4 is 5.32 Å². The van der Waals surface area contributed by atoms with Crippen molar-refractivity contribution in [1.29, 1.82) is 0 Å². The lowest BCUT2D eigenvalue weighted by molar-refractivity contribution is -0.142. The second-order valence-electron chi connectivity index (χ2n) is 3.94. The van der Waals surface area contributed by atoms with Crippen LogP contribution in [0.4, 0.5) is 5.82 Å². The Bertz CT molecular complexity index is 595. The molecule has 6 nitrogen and oxygen atoms in total. The topological polar surface area (TPSA) is 77.0 Å². The molecule has 0 saturated carbocycles. The summed E-state index contributed by atoms with van der Waals surface area (Å²) in [5.74, 6) is 0.135. The number of fused-ring (bicyclic) bond motifs is 1. The van der Waals surface area contributed by atoms with E-state index in [1.54, 1.807) is 6.92 Å². The van der Waals surface area contributed by atoms with E-state index in [1.165, 1.54) is 6.08 Å². The molecule has 0 spiro atoms. The van der Waals surface area contributed by atoms with E-state index in [2.05, 4.69) is 27.3 Å². The lowest BCUT2D eigenvalue weighted by Crippen LogP contribution is -2.29. The number of esters is 1. The Morgan fingerprint density at radius 3 is 3.05 bits per heavy atom. The van der Waals surface area contributed by atoms with Crippen LogP contribution in [0.25, 0.3) is 10.9 Å². The van der Waals surface area contributed by atoms with Gasteiger partial charge in [0, 0.05) is 5.39 Å². The summed E-state index contributed by atoms with van der Waals surface area (Å²) in [5, 5.41) is 15.3. The number of ether oxygens (including phenoxy) is 1. The van der Waals surface area contributed by atoms with Crippen molar-refractivity contribution >= 4 is 22.7 Å². The summed E-state index contributed by atoms with van der Waals surface area (Å²) < 4.78 is 4.95. The van der Waals surface area contributed by atoms with E-state index in [9.17, 15) is 4.79 Å². The number of hydrogen-bond donors (Lipinski definition) is 1. The molecule has 0 bridgehead atoms. The molecular weight excluding hydrogens is 244 g/mol. The van der Waals surface area contributed by atoms with Crippen molar-refractivity contribution in [3.63, 3.8) is 0 Å². The maximum Gasteiger partial charge on any atom is 0.328 e. The van der Waals surface area contributed by atoms with Crippen molar-refractivity contribution < 1.29 is 9.53 Å². The summed E-state index contributed by atoms with van der Waals surface area (Å²) in [7, 11) is 0. The van der Waals surface area contributed by atoms with Crippen LogP contribution in [0.3, 0.4) is 0 Å². The predicted octanol–water partition coefficient (Wildman–Crippen LogP) is 1.55. The molecule has 2 aromatic rings. The Morgan fingerprint density at radius 2 is 2.26 bits per heavy atom. The maximum absolute atomic E-state index is 11.6. The summed E-state index contributed by atoms with van der Waals surface area (Å²) in [6, 6.07) is 6.90. The average molecular weight is 258 g/mol. The van der Waals surface area contributed by atoms with Crippen LogP contribution in [0.1, 0.15) is 6.92 Å². The minimum Gasteiger partial charge on any atom is -0.460 e. The van der Waals surface area contributed by atoms with Gasteiger partial charge in [-0.2, -0.15) is 0 Å². The molecule has 0 amide bonds. The van der Waals surface area contributed by atoms with Crippen LogP contribution in [0.2, 0.25) is 0 Å². The zero-order chi connectivity index (χ0) is 13.7. The van der Waals surface area contributed by atoms with E-state index in [0.29, 0.717) is 11.3 Å². The van der Waals surface area contributed by atoms with Crippen LogP contribution in [-0.4, -0.2) is 34.0 Å². The fraction of sp³-hybridized carbons (Fsp3) is 0.231. The van der Waals surface area contributed by atoms with Crippen molar-refractivity contribution in [2.24, 2.45) is 0 Å². The largest absolute Gasteiger partial charge is 0.460 e. The van der Waals surface area contributed by atoms with Gasteiger partial charge in [0.25, 0.3) is 0 Å². The second-order valence-corrected chi connectivity index (χ2v) is 3.94. The monoisotopic (exact) mass is 258 g/mol. The standard InChI is InChI=1S/C13H14N4O2/c1-3-8-19-13(18)9(2)14-12-10-6-4-5-7-11(10)15-17-16-12/h3-7,9H,1,8H2,2H3,(H,14,15,16)/t9-/m0/s1. The third-order valence-electron chi connectivity index (χ3n) is 2.51. The number of nitrogens with one attached hydrogen (secondary N) is 1. The first-order valence-corrected chi connectivity index (χ1v) is 5.84. The summed E-state index contributed by atoms with van der Waals surface area (Å²) >= 11 is 0. The Balaban J connectivity index is 2.17. The van der Waals surface area contributed by atoms with E-state index in [4.69, 9.17) is 4.74 Å². The molecule has 0 saturated heterocycles. The third-order valence-corrected chi connectivity index (χ3v) is 2.51. The van der Waals surface area contributed by atoms with Gasteiger partial charge in [0.15, 0.2) is 5.82 Å². The number of aromatic nitrogens is 3. The maximum atomic E-state index is 11.6. The van der Waals surface area contributed by atoms with Gasteiger partial charge in [-0.3, -0.25) is 0 Å². The van der Waals surface area contributed by atoms with Crippen LogP contribution in [0.15, 0.2) is 36.9 Å². The number of hydrogen-bond acceptors (Lipinski definition) is 6. The fourth-order valence-corrected chi connectivity index (χ4v) is 1.57. The fourth-order valence-electron chi connectivity index (χ4n) is 1.57. The first kappa shape index (κ1) is 12.9. The minimum atomic E-state index is -0.528. The van der Waals surface area contributed by atoms with E-state index >= 15 is 0 Å². The van der Waals surface area contributed by atoms with Crippen molar-refractivity contribution in [3.8, 4) is 0 Å². The van der Waals surface area contributed by atoms with Crippen molar-refractivity contribution in [2.45, 2.75) is 13.0 Å². The molecule has 1 N–H and O–H groups in total. The predicted molar refractivity (Wildman–Crippen MR) is 71.6 cm³/mol. The molecule has 6 heteroatoms. The number of anilines is 1. The highest BCUT2D eigenvalue weighted by Gasteiger charge is 2.16. The summed E-state index contributed by atoms with van der Waals surface area (Å²) in [4.78, 5) is 11.6. The molecule has 1 aromatic carbocycles. The molecule has 0 aliphatic carbocycles. The molecule has 0 unspecified atom stereocenters. The summed E-state index contributed by atoms with van der Waals surface area (Å²) in [6.45, 7) is 5.37. The Labute approximate surface area is 110 Å².